The number of esters is 1. The average Bonchev–Trinajstić information content (AvgIpc) is 2.84. The van der Waals surface area contributed by atoms with Gasteiger partial charge in [0.25, 0.3) is 5.91 Å². The van der Waals surface area contributed by atoms with E-state index in [1.807, 2.05) is 6.07 Å². The van der Waals surface area contributed by atoms with Crippen LogP contribution in [-0.2, 0) is 4.79 Å². The topological polar surface area (TPSA) is 95.5 Å². The lowest BCUT2D eigenvalue weighted by molar-refractivity contribution is -0.130. The summed E-state index contributed by atoms with van der Waals surface area (Å²) >= 11 is 6.05. The van der Waals surface area contributed by atoms with Crippen molar-refractivity contribution in [3.8, 4) is 23.0 Å². The zero-order valence-corrected chi connectivity index (χ0v) is 18.2. The SMILES string of the molecule is COc1cc(C=NNC(=O)C2COc3ccccc3O2)ccc1OC(=O)c1ccccc1Cl. The number of hydrogen-bond donors (Lipinski definition) is 1. The Bertz CT molecular complexity index is 1210. The number of carbonyl (C=O) groups is 2. The molecule has 0 radical (unpaired) electrons. The minimum atomic E-state index is -0.821. The fourth-order valence-electron chi connectivity index (χ4n) is 3.02. The van der Waals surface area contributed by atoms with Gasteiger partial charge in [-0.25, -0.2) is 10.2 Å². The molecule has 0 aliphatic carbocycles. The predicted octanol–water partition coefficient (Wildman–Crippen LogP) is 3.86. The number of rotatable bonds is 6. The Labute approximate surface area is 194 Å². The summed E-state index contributed by atoms with van der Waals surface area (Å²) in [6.07, 6.45) is 0.607. The Morgan fingerprint density at radius 2 is 1.82 bits per heavy atom. The van der Waals surface area contributed by atoms with Crippen LogP contribution in [0.4, 0.5) is 0 Å². The predicted molar refractivity (Wildman–Crippen MR) is 121 cm³/mol. The van der Waals surface area contributed by atoms with Gasteiger partial charge in [0.1, 0.15) is 6.61 Å². The minimum Gasteiger partial charge on any atom is -0.493 e. The smallest absolute Gasteiger partial charge is 0.345 e. The first-order chi connectivity index (χ1) is 16.0. The Kier molecular flexibility index (Phi) is 6.75. The summed E-state index contributed by atoms with van der Waals surface area (Å²) in [6.45, 7) is 0.0810. The van der Waals surface area contributed by atoms with E-state index in [4.69, 9.17) is 30.5 Å². The maximum atomic E-state index is 12.4. The first-order valence-corrected chi connectivity index (χ1v) is 10.3. The quantitative estimate of drug-likeness (QED) is 0.256. The van der Waals surface area contributed by atoms with Crippen molar-refractivity contribution in [3.63, 3.8) is 0 Å². The highest BCUT2D eigenvalue weighted by molar-refractivity contribution is 6.33. The van der Waals surface area contributed by atoms with E-state index in [0.29, 0.717) is 22.8 Å². The number of hydrazone groups is 1. The fourth-order valence-corrected chi connectivity index (χ4v) is 3.23. The molecule has 168 valence electrons. The highest BCUT2D eigenvalue weighted by atomic mass is 35.5. The summed E-state index contributed by atoms with van der Waals surface area (Å²) in [7, 11) is 1.45. The third kappa shape index (κ3) is 5.24. The van der Waals surface area contributed by atoms with Gasteiger partial charge in [-0.1, -0.05) is 35.9 Å². The maximum Gasteiger partial charge on any atom is 0.345 e. The number of carbonyl (C=O) groups excluding carboxylic acids is 2. The van der Waals surface area contributed by atoms with Gasteiger partial charge in [-0.15, -0.1) is 0 Å². The first kappa shape index (κ1) is 22.2. The number of ether oxygens (including phenoxy) is 4. The zero-order valence-electron chi connectivity index (χ0n) is 17.5. The van der Waals surface area contributed by atoms with Crippen molar-refractivity contribution in [1.29, 1.82) is 0 Å². The number of halogens is 1. The molecule has 0 bridgehead atoms. The van der Waals surface area contributed by atoms with Crippen molar-refractivity contribution in [2.45, 2.75) is 6.10 Å². The van der Waals surface area contributed by atoms with Crippen molar-refractivity contribution in [2.24, 2.45) is 5.10 Å². The van der Waals surface area contributed by atoms with E-state index in [9.17, 15) is 9.59 Å². The van der Waals surface area contributed by atoms with Crippen LogP contribution >= 0.6 is 11.6 Å². The molecule has 1 aliphatic heterocycles. The molecular weight excluding hydrogens is 448 g/mol. The molecule has 1 atom stereocenters. The Hall–Kier alpha value is -4.04. The van der Waals surface area contributed by atoms with Crippen LogP contribution in [0.3, 0.4) is 0 Å². The summed E-state index contributed by atoms with van der Waals surface area (Å²) in [5.41, 5.74) is 3.28. The van der Waals surface area contributed by atoms with Crippen molar-refractivity contribution >= 4 is 29.7 Å². The fraction of sp³-hybridized carbons (Fsp3) is 0.125. The largest absolute Gasteiger partial charge is 0.493 e. The lowest BCUT2D eigenvalue weighted by Gasteiger charge is -2.24. The molecule has 0 saturated heterocycles. The van der Waals surface area contributed by atoms with Gasteiger partial charge in [-0.3, -0.25) is 4.79 Å². The normalized spacial score (nSPS) is 14.5. The molecule has 3 aromatic carbocycles. The maximum absolute atomic E-state index is 12.4. The van der Waals surface area contributed by atoms with E-state index in [-0.39, 0.29) is 22.9 Å². The Morgan fingerprint density at radius 3 is 2.61 bits per heavy atom. The monoisotopic (exact) mass is 466 g/mol. The average molecular weight is 467 g/mol. The molecule has 0 spiro atoms. The van der Waals surface area contributed by atoms with Gasteiger partial charge in [0.15, 0.2) is 23.0 Å². The van der Waals surface area contributed by atoms with Gasteiger partial charge in [-0.05, 0) is 48.0 Å². The highest BCUT2D eigenvalue weighted by Gasteiger charge is 2.27. The third-order valence-electron chi connectivity index (χ3n) is 4.67. The second kappa shape index (κ2) is 10.1. The van der Waals surface area contributed by atoms with Crippen LogP contribution in [0.2, 0.25) is 5.02 Å². The van der Waals surface area contributed by atoms with Gasteiger partial charge in [0.05, 0.1) is 23.9 Å². The number of nitrogens with zero attached hydrogens (tertiary/aromatic N) is 1. The molecule has 0 saturated carbocycles. The van der Waals surface area contributed by atoms with Crippen LogP contribution in [0.5, 0.6) is 23.0 Å². The molecule has 4 rings (SSSR count). The number of fused-ring (bicyclic) bond motifs is 1. The second-order valence-corrected chi connectivity index (χ2v) is 7.29. The molecule has 1 amide bonds. The second-order valence-electron chi connectivity index (χ2n) is 6.88. The molecule has 1 aliphatic rings. The molecule has 0 fully saturated rings. The lowest BCUT2D eigenvalue weighted by Crippen LogP contribution is -2.42. The minimum absolute atomic E-state index is 0.0810. The molecule has 9 heteroatoms. The molecule has 0 aromatic heterocycles. The number of para-hydroxylation sites is 2. The van der Waals surface area contributed by atoms with E-state index >= 15 is 0 Å². The number of benzene rings is 3. The van der Waals surface area contributed by atoms with Crippen LogP contribution in [0.15, 0.2) is 71.8 Å². The van der Waals surface area contributed by atoms with Gasteiger partial charge in [0.2, 0.25) is 6.10 Å². The van der Waals surface area contributed by atoms with Crippen molar-refractivity contribution in [2.75, 3.05) is 13.7 Å². The van der Waals surface area contributed by atoms with Gasteiger partial charge >= 0.3 is 5.97 Å². The Morgan fingerprint density at radius 1 is 1.06 bits per heavy atom. The van der Waals surface area contributed by atoms with Crippen molar-refractivity contribution in [1.82, 2.24) is 5.43 Å². The van der Waals surface area contributed by atoms with E-state index in [0.717, 1.165) is 0 Å². The molecule has 1 unspecified atom stereocenters. The van der Waals surface area contributed by atoms with Crippen LogP contribution in [0, 0.1) is 0 Å². The van der Waals surface area contributed by atoms with Crippen LogP contribution in [-0.4, -0.2) is 37.9 Å². The first-order valence-electron chi connectivity index (χ1n) is 9.91. The Balaban J connectivity index is 1.38. The number of hydrogen-bond acceptors (Lipinski definition) is 7. The summed E-state index contributed by atoms with van der Waals surface area (Å²) < 4.78 is 21.9. The molecule has 3 aromatic rings. The van der Waals surface area contributed by atoms with Gasteiger partial charge in [-0.2, -0.15) is 5.10 Å². The standard InChI is InChI=1S/C24H19ClN2O6/c1-30-21-12-15(10-11-20(21)33-24(29)16-6-2-3-7-17(16)25)13-26-27-23(28)22-14-31-18-8-4-5-9-19(18)32-22/h2-13,22H,14H2,1H3,(H,27,28). The van der Waals surface area contributed by atoms with E-state index in [2.05, 4.69) is 10.5 Å². The third-order valence-corrected chi connectivity index (χ3v) is 5.00. The summed E-state index contributed by atoms with van der Waals surface area (Å²) in [4.78, 5) is 24.7. The number of methoxy groups -OCH3 is 1. The van der Waals surface area contributed by atoms with Gasteiger partial charge in [0, 0.05) is 0 Å². The van der Waals surface area contributed by atoms with E-state index < -0.39 is 18.0 Å². The number of amides is 1. The van der Waals surface area contributed by atoms with Gasteiger partial charge < -0.3 is 18.9 Å². The van der Waals surface area contributed by atoms with Crippen LogP contribution in [0.25, 0.3) is 0 Å². The van der Waals surface area contributed by atoms with E-state index in [1.54, 1.807) is 60.7 Å². The van der Waals surface area contributed by atoms with Crippen molar-refractivity contribution < 1.29 is 28.5 Å². The summed E-state index contributed by atoms with van der Waals surface area (Å²) in [6, 6.07) is 18.5. The number of nitrogens with one attached hydrogen (secondary N) is 1. The van der Waals surface area contributed by atoms with Crippen molar-refractivity contribution in [3.05, 3.63) is 82.9 Å². The van der Waals surface area contributed by atoms with Crippen LogP contribution in [0.1, 0.15) is 15.9 Å². The molecule has 8 nitrogen and oxygen atoms in total. The highest BCUT2D eigenvalue weighted by Crippen LogP contribution is 2.31. The zero-order chi connectivity index (χ0) is 23.2. The molecule has 1 N–H and O–H groups in total. The van der Waals surface area contributed by atoms with E-state index in [1.165, 1.54) is 13.3 Å². The summed E-state index contributed by atoms with van der Waals surface area (Å²) in [5, 5.41) is 4.25. The van der Waals surface area contributed by atoms with Crippen LogP contribution < -0.4 is 24.4 Å². The summed E-state index contributed by atoms with van der Waals surface area (Å²) in [5.74, 6) is 0.565. The lowest BCUT2D eigenvalue weighted by atomic mass is 10.2. The molecular formula is C24H19ClN2O6. The molecule has 33 heavy (non-hydrogen) atoms. The molecule has 1 heterocycles.